The van der Waals surface area contributed by atoms with Crippen LogP contribution in [0.25, 0.3) is 0 Å². The van der Waals surface area contributed by atoms with Gasteiger partial charge in [-0.15, -0.1) is 0 Å². The highest BCUT2D eigenvalue weighted by Crippen LogP contribution is 2.25. The lowest BCUT2D eigenvalue weighted by Crippen LogP contribution is -2.39. The number of benzene rings is 2. The van der Waals surface area contributed by atoms with Gasteiger partial charge in [0, 0.05) is 18.7 Å². The second-order valence-corrected chi connectivity index (χ2v) is 8.99. The summed E-state index contributed by atoms with van der Waals surface area (Å²) in [5.74, 6) is 1.12. The van der Waals surface area contributed by atoms with E-state index in [9.17, 15) is 13.2 Å². The molecule has 27 heavy (non-hydrogen) atoms. The molecule has 0 radical (unpaired) electrons. The Kier molecular flexibility index (Phi) is 5.97. The number of hydrogen-bond acceptors (Lipinski definition) is 4. The van der Waals surface area contributed by atoms with Crippen LogP contribution < -0.4 is 4.74 Å². The van der Waals surface area contributed by atoms with Gasteiger partial charge in [-0.25, -0.2) is 8.42 Å². The first-order valence-corrected chi connectivity index (χ1v) is 10.6. The third-order valence-electron chi connectivity index (χ3n) is 4.98. The zero-order valence-electron chi connectivity index (χ0n) is 15.7. The van der Waals surface area contributed by atoms with Crippen molar-refractivity contribution in [3.63, 3.8) is 0 Å². The molecule has 1 aliphatic rings. The van der Waals surface area contributed by atoms with E-state index in [0.717, 1.165) is 18.6 Å². The predicted molar refractivity (Wildman–Crippen MR) is 105 cm³/mol. The molecule has 6 heteroatoms. The Hall–Kier alpha value is -2.18. The van der Waals surface area contributed by atoms with Crippen molar-refractivity contribution in [3.05, 3.63) is 59.7 Å². The standard InChI is InChI=1S/C21H25NO4S/c1-16-3-7-20(8-4-16)26-15-18-11-13-22(14-12-18)27(24,25)21-9-5-19(6-10-21)17(2)23/h3-10,18H,11-15H2,1-2H3. The summed E-state index contributed by atoms with van der Waals surface area (Å²) >= 11 is 0. The fraction of sp³-hybridized carbons (Fsp3) is 0.381. The number of carbonyl (C=O) groups excluding carboxylic acids is 1. The van der Waals surface area contributed by atoms with Crippen LogP contribution in [0.1, 0.15) is 35.7 Å². The molecule has 1 fully saturated rings. The van der Waals surface area contributed by atoms with Crippen LogP contribution in [0.4, 0.5) is 0 Å². The Morgan fingerprint density at radius 3 is 2.19 bits per heavy atom. The highest BCUT2D eigenvalue weighted by atomic mass is 32.2. The Morgan fingerprint density at radius 1 is 1.04 bits per heavy atom. The molecule has 2 aromatic rings. The van der Waals surface area contributed by atoms with Crippen LogP contribution in [0.5, 0.6) is 5.75 Å². The van der Waals surface area contributed by atoms with Crippen molar-refractivity contribution in [2.45, 2.75) is 31.6 Å². The molecule has 3 rings (SSSR count). The van der Waals surface area contributed by atoms with Crippen LogP contribution in [0, 0.1) is 12.8 Å². The minimum atomic E-state index is -3.52. The first kappa shape index (κ1) is 19.6. The van der Waals surface area contributed by atoms with E-state index in [0.29, 0.717) is 31.2 Å². The van der Waals surface area contributed by atoms with Crippen molar-refractivity contribution in [1.29, 1.82) is 0 Å². The molecule has 0 aromatic heterocycles. The van der Waals surface area contributed by atoms with E-state index >= 15 is 0 Å². The summed E-state index contributed by atoms with van der Waals surface area (Å²) in [7, 11) is -3.52. The van der Waals surface area contributed by atoms with E-state index in [-0.39, 0.29) is 10.7 Å². The summed E-state index contributed by atoms with van der Waals surface area (Å²) < 4.78 is 33.0. The second kappa shape index (κ2) is 8.23. The molecule has 0 aliphatic carbocycles. The lowest BCUT2D eigenvalue weighted by molar-refractivity contribution is 0.101. The Morgan fingerprint density at radius 2 is 1.63 bits per heavy atom. The number of aryl methyl sites for hydroxylation is 1. The van der Waals surface area contributed by atoms with Crippen molar-refractivity contribution in [2.24, 2.45) is 5.92 Å². The summed E-state index contributed by atoms with van der Waals surface area (Å²) in [6, 6.07) is 14.1. The van der Waals surface area contributed by atoms with Gasteiger partial charge in [0.1, 0.15) is 5.75 Å². The fourth-order valence-corrected chi connectivity index (χ4v) is 4.65. The summed E-state index contributed by atoms with van der Waals surface area (Å²) in [6.07, 6.45) is 1.55. The lowest BCUT2D eigenvalue weighted by Gasteiger charge is -2.31. The Labute approximate surface area is 161 Å². The van der Waals surface area contributed by atoms with Crippen molar-refractivity contribution in [3.8, 4) is 5.75 Å². The lowest BCUT2D eigenvalue weighted by atomic mass is 9.99. The number of carbonyl (C=O) groups is 1. The number of piperidine rings is 1. The number of sulfonamides is 1. The Bertz CT molecular complexity index is 881. The molecule has 0 unspecified atom stereocenters. The molecule has 0 amide bonds. The zero-order chi connectivity index (χ0) is 19.4. The predicted octanol–water partition coefficient (Wildman–Crippen LogP) is 3.68. The van der Waals surface area contributed by atoms with Crippen molar-refractivity contribution in [2.75, 3.05) is 19.7 Å². The van der Waals surface area contributed by atoms with Crippen LogP contribution in [0.3, 0.4) is 0 Å². The topological polar surface area (TPSA) is 63.7 Å². The fourth-order valence-electron chi connectivity index (χ4n) is 3.18. The number of ketones is 1. The van der Waals surface area contributed by atoms with Crippen LogP contribution in [0.15, 0.2) is 53.4 Å². The maximum Gasteiger partial charge on any atom is 0.243 e. The first-order valence-electron chi connectivity index (χ1n) is 9.17. The third-order valence-corrected chi connectivity index (χ3v) is 6.89. The van der Waals surface area contributed by atoms with Crippen molar-refractivity contribution in [1.82, 2.24) is 4.31 Å². The van der Waals surface area contributed by atoms with Crippen LogP contribution in [0.2, 0.25) is 0 Å². The molecule has 0 atom stereocenters. The summed E-state index contributed by atoms with van der Waals surface area (Å²) in [5.41, 5.74) is 1.71. The molecule has 0 N–H and O–H groups in total. The van der Waals surface area contributed by atoms with Crippen molar-refractivity contribution < 1.29 is 17.9 Å². The molecule has 0 saturated carbocycles. The maximum absolute atomic E-state index is 12.8. The normalized spacial score (nSPS) is 16.2. The third kappa shape index (κ3) is 4.76. The summed E-state index contributed by atoms with van der Waals surface area (Å²) in [6.45, 7) is 5.07. The minimum absolute atomic E-state index is 0.0756. The van der Waals surface area contributed by atoms with Gasteiger partial charge < -0.3 is 4.74 Å². The SMILES string of the molecule is CC(=O)c1ccc(S(=O)(=O)N2CCC(COc3ccc(C)cc3)CC2)cc1. The maximum atomic E-state index is 12.8. The van der Waals surface area contributed by atoms with Crippen LogP contribution in [-0.4, -0.2) is 38.2 Å². The van der Waals surface area contributed by atoms with Gasteiger partial charge in [0.25, 0.3) is 0 Å². The molecular formula is C21H25NO4S. The van der Waals surface area contributed by atoms with E-state index in [1.807, 2.05) is 31.2 Å². The molecule has 0 spiro atoms. The second-order valence-electron chi connectivity index (χ2n) is 7.05. The van der Waals surface area contributed by atoms with Crippen LogP contribution >= 0.6 is 0 Å². The van der Waals surface area contributed by atoms with Crippen molar-refractivity contribution >= 4 is 15.8 Å². The van der Waals surface area contributed by atoms with E-state index in [2.05, 4.69) is 0 Å². The molecule has 2 aromatic carbocycles. The van der Waals surface area contributed by atoms with Crippen LogP contribution in [-0.2, 0) is 10.0 Å². The number of hydrogen-bond donors (Lipinski definition) is 0. The number of nitrogens with zero attached hydrogens (tertiary/aromatic N) is 1. The van der Waals surface area contributed by atoms with E-state index in [4.69, 9.17) is 4.74 Å². The summed E-state index contributed by atoms with van der Waals surface area (Å²) in [5, 5.41) is 0. The zero-order valence-corrected chi connectivity index (χ0v) is 16.5. The van der Waals surface area contributed by atoms with E-state index in [1.165, 1.54) is 28.9 Å². The monoisotopic (exact) mass is 387 g/mol. The van der Waals surface area contributed by atoms with Gasteiger partial charge in [-0.05, 0) is 56.9 Å². The van der Waals surface area contributed by atoms with E-state index < -0.39 is 10.0 Å². The first-order chi connectivity index (χ1) is 12.9. The smallest absolute Gasteiger partial charge is 0.243 e. The molecule has 1 heterocycles. The highest BCUT2D eigenvalue weighted by molar-refractivity contribution is 7.89. The number of Topliss-reactive ketones (excluding diaryl/α,β-unsaturated/α-hetero) is 1. The molecule has 144 valence electrons. The molecule has 1 aliphatic heterocycles. The Balaban J connectivity index is 1.56. The van der Waals surface area contributed by atoms with Gasteiger partial charge in [-0.1, -0.05) is 29.8 Å². The van der Waals surface area contributed by atoms with Gasteiger partial charge in [0.2, 0.25) is 10.0 Å². The molecule has 0 bridgehead atoms. The van der Waals surface area contributed by atoms with Gasteiger partial charge in [0.05, 0.1) is 11.5 Å². The largest absolute Gasteiger partial charge is 0.493 e. The molecule has 1 saturated heterocycles. The average molecular weight is 388 g/mol. The van der Waals surface area contributed by atoms with Gasteiger partial charge >= 0.3 is 0 Å². The van der Waals surface area contributed by atoms with Gasteiger partial charge in [0.15, 0.2) is 5.78 Å². The van der Waals surface area contributed by atoms with Gasteiger partial charge in [-0.3, -0.25) is 4.79 Å². The molecule has 5 nitrogen and oxygen atoms in total. The summed E-state index contributed by atoms with van der Waals surface area (Å²) in [4.78, 5) is 11.6. The highest BCUT2D eigenvalue weighted by Gasteiger charge is 2.29. The number of ether oxygens (including phenoxy) is 1. The quantitative estimate of drug-likeness (QED) is 0.710. The number of rotatable bonds is 6. The van der Waals surface area contributed by atoms with Gasteiger partial charge in [-0.2, -0.15) is 4.31 Å². The van der Waals surface area contributed by atoms with E-state index in [1.54, 1.807) is 12.1 Å². The minimum Gasteiger partial charge on any atom is -0.493 e. The molecular weight excluding hydrogens is 362 g/mol. The average Bonchev–Trinajstić information content (AvgIpc) is 2.68.